The number of likely N-dealkylation sites (N-methyl/N-ethyl adjacent to an activating group) is 1. The molecule has 0 aliphatic heterocycles. The molecule has 19 heavy (non-hydrogen) atoms. The molecule has 0 aromatic heterocycles. The average molecular weight is 267 g/mol. The topological polar surface area (TPSA) is 12.0 Å². The lowest BCUT2D eigenvalue weighted by Gasteiger charge is -2.32. The maximum absolute atomic E-state index is 13.7. The second-order valence-corrected chi connectivity index (χ2v) is 5.85. The number of hydrogen-bond acceptors (Lipinski definition) is 1. The molecule has 1 saturated carbocycles. The average Bonchev–Trinajstić information content (AvgIpc) is 2.39. The highest BCUT2D eigenvalue weighted by atomic mass is 19.1. The fourth-order valence-corrected chi connectivity index (χ4v) is 3.12. The molecule has 1 unspecified atom stereocenters. The molecule has 1 aromatic rings. The van der Waals surface area contributed by atoms with Crippen LogP contribution in [0.2, 0.25) is 0 Å². The van der Waals surface area contributed by atoms with Gasteiger partial charge in [0.25, 0.3) is 0 Å². The van der Waals surface area contributed by atoms with Gasteiger partial charge in [-0.1, -0.05) is 25.8 Å². The summed E-state index contributed by atoms with van der Waals surface area (Å²) >= 11 is 0. The molecule has 1 aliphatic rings. The molecule has 1 fully saturated rings. The Morgan fingerprint density at radius 2 is 1.89 bits per heavy atom. The van der Waals surface area contributed by atoms with E-state index in [9.17, 15) is 8.78 Å². The van der Waals surface area contributed by atoms with E-state index >= 15 is 0 Å². The molecule has 0 spiro atoms. The summed E-state index contributed by atoms with van der Waals surface area (Å²) < 4.78 is 26.6. The molecule has 1 aromatic carbocycles. The molecule has 1 aliphatic carbocycles. The second kappa shape index (κ2) is 6.47. The van der Waals surface area contributed by atoms with Crippen LogP contribution in [0.4, 0.5) is 8.78 Å². The summed E-state index contributed by atoms with van der Waals surface area (Å²) in [5.41, 5.74) is 0.611. The molecule has 0 amide bonds. The summed E-state index contributed by atoms with van der Waals surface area (Å²) in [6.45, 7) is 2.30. The van der Waals surface area contributed by atoms with Crippen molar-refractivity contribution < 1.29 is 8.78 Å². The van der Waals surface area contributed by atoms with Gasteiger partial charge in [0.2, 0.25) is 0 Å². The Balaban J connectivity index is 2.02. The van der Waals surface area contributed by atoms with Crippen molar-refractivity contribution in [2.45, 2.75) is 45.1 Å². The fraction of sp³-hybridized carbons (Fsp3) is 0.625. The lowest BCUT2D eigenvalue weighted by Crippen LogP contribution is -2.37. The van der Waals surface area contributed by atoms with Gasteiger partial charge in [-0.15, -0.1) is 0 Å². The third kappa shape index (κ3) is 3.75. The van der Waals surface area contributed by atoms with Crippen molar-refractivity contribution in [3.05, 3.63) is 35.4 Å². The van der Waals surface area contributed by atoms with E-state index in [1.165, 1.54) is 31.7 Å². The molecule has 0 radical (unpaired) electrons. The quantitative estimate of drug-likeness (QED) is 0.871. The highest BCUT2D eigenvalue weighted by Crippen LogP contribution is 2.31. The van der Waals surface area contributed by atoms with Crippen molar-refractivity contribution in [3.63, 3.8) is 0 Å². The van der Waals surface area contributed by atoms with Crippen LogP contribution in [0.15, 0.2) is 18.2 Å². The molecule has 106 valence electrons. The first kappa shape index (κ1) is 14.4. The van der Waals surface area contributed by atoms with Crippen molar-refractivity contribution in [3.8, 4) is 0 Å². The molecule has 0 bridgehead atoms. The Morgan fingerprint density at radius 3 is 2.47 bits per heavy atom. The molecule has 2 rings (SSSR count). The minimum Gasteiger partial charge on any atom is -0.316 e. The van der Waals surface area contributed by atoms with Crippen LogP contribution >= 0.6 is 0 Å². The summed E-state index contributed by atoms with van der Waals surface area (Å²) in [6, 6.07) is 4.17. The van der Waals surface area contributed by atoms with Crippen LogP contribution in [-0.2, 0) is 6.42 Å². The van der Waals surface area contributed by atoms with Crippen LogP contribution in [0.3, 0.4) is 0 Å². The third-order valence-corrected chi connectivity index (χ3v) is 4.46. The van der Waals surface area contributed by atoms with Gasteiger partial charge in [0.1, 0.15) is 11.6 Å². The van der Waals surface area contributed by atoms with E-state index < -0.39 is 11.6 Å². The number of nitrogens with one attached hydrogen (secondary N) is 1. The van der Waals surface area contributed by atoms with Gasteiger partial charge in [0.15, 0.2) is 0 Å². The predicted octanol–water partition coefficient (Wildman–Crippen LogP) is 3.92. The zero-order chi connectivity index (χ0) is 13.8. The number of hydrogen-bond donors (Lipinski definition) is 1. The van der Waals surface area contributed by atoms with E-state index in [0.717, 1.165) is 12.0 Å². The van der Waals surface area contributed by atoms with E-state index in [4.69, 9.17) is 0 Å². The summed E-state index contributed by atoms with van der Waals surface area (Å²) in [5, 5.41) is 3.32. The lowest BCUT2D eigenvalue weighted by molar-refractivity contribution is 0.234. The Bertz CT molecular complexity index is 411. The second-order valence-electron chi connectivity index (χ2n) is 5.85. The molecule has 1 atom stereocenters. The number of halogens is 2. The molecule has 1 N–H and O–H groups in total. The highest BCUT2D eigenvalue weighted by molar-refractivity contribution is 5.19. The molecule has 0 saturated heterocycles. The van der Waals surface area contributed by atoms with Crippen molar-refractivity contribution >= 4 is 0 Å². The van der Waals surface area contributed by atoms with Crippen LogP contribution in [0.25, 0.3) is 0 Å². The largest absolute Gasteiger partial charge is 0.316 e. The van der Waals surface area contributed by atoms with Crippen LogP contribution in [0.1, 0.15) is 38.2 Å². The Kier molecular flexibility index (Phi) is 4.92. The lowest BCUT2D eigenvalue weighted by atomic mass is 9.77. The Labute approximate surface area is 114 Å². The fourth-order valence-electron chi connectivity index (χ4n) is 3.12. The van der Waals surface area contributed by atoms with Crippen molar-refractivity contribution in [1.82, 2.24) is 5.32 Å². The number of benzene rings is 1. The zero-order valence-corrected chi connectivity index (χ0v) is 11.8. The summed E-state index contributed by atoms with van der Waals surface area (Å²) in [5.74, 6) is 0.486. The van der Waals surface area contributed by atoms with Gasteiger partial charge in [0, 0.05) is 12.1 Å². The van der Waals surface area contributed by atoms with Crippen LogP contribution in [-0.4, -0.2) is 13.1 Å². The van der Waals surface area contributed by atoms with E-state index in [-0.39, 0.29) is 6.04 Å². The van der Waals surface area contributed by atoms with Gasteiger partial charge in [-0.05, 0) is 49.8 Å². The first-order valence-corrected chi connectivity index (χ1v) is 7.21. The van der Waals surface area contributed by atoms with E-state index in [2.05, 4.69) is 12.2 Å². The first-order valence-electron chi connectivity index (χ1n) is 7.21. The standard InChI is InChI=1S/C16H23F2N/c1-11-3-5-12(6-4-11)16(19-2)9-13-7-8-14(17)10-15(13)18/h7-8,10-12,16,19H,3-6,9H2,1-2H3. The van der Waals surface area contributed by atoms with Crippen molar-refractivity contribution in [2.75, 3.05) is 7.05 Å². The van der Waals surface area contributed by atoms with Crippen LogP contribution in [0.5, 0.6) is 0 Å². The van der Waals surface area contributed by atoms with E-state index in [1.807, 2.05) is 7.05 Å². The summed E-state index contributed by atoms with van der Waals surface area (Å²) in [6.07, 6.45) is 5.57. The van der Waals surface area contributed by atoms with Crippen LogP contribution in [0, 0.1) is 23.5 Å². The molecular weight excluding hydrogens is 244 g/mol. The zero-order valence-electron chi connectivity index (χ0n) is 11.8. The Morgan fingerprint density at radius 1 is 1.21 bits per heavy atom. The van der Waals surface area contributed by atoms with Gasteiger partial charge in [-0.3, -0.25) is 0 Å². The summed E-state index contributed by atoms with van der Waals surface area (Å²) in [7, 11) is 1.93. The minimum absolute atomic E-state index is 0.285. The predicted molar refractivity (Wildman–Crippen MR) is 74.0 cm³/mol. The van der Waals surface area contributed by atoms with Gasteiger partial charge in [0.05, 0.1) is 0 Å². The maximum atomic E-state index is 13.7. The minimum atomic E-state index is -0.506. The smallest absolute Gasteiger partial charge is 0.129 e. The highest BCUT2D eigenvalue weighted by Gasteiger charge is 2.25. The molecule has 0 heterocycles. The molecular formula is C16H23F2N. The van der Waals surface area contributed by atoms with Gasteiger partial charge in [-0.2, -0.15) is 0 Å². The Hall–Kier alpha value is -0.960. The SMILES string of the molecule is CNC(Cc1ccc(F)cc1F)C1CCC(C)CC1. The van der Waals surface area contributed by atoms with Gasteiger partial charge >= 0.3 is 0 Å². The van der Waals surface area contributed by atoms with Crippen molar-refractivity contribution in [1.29, 1.82) is 0 Å². The van der Waals surface area contributed by atoms with Crippen molar-refractivity contribution in [2.24, 2.45) is 11.8 Å². The van der Waals surface area contributed by atoms with E-state index in [0.29, 0.717) is 17.9 Å². The van der Waals surface area contributed by atoms with E-state index in [1.54, 1.807) is 6.07 Å². The maximum Gasteiger partial charge on any atom is 0.129 e. The first-order chi connectivity index (χ1) is 9.10. The van der Waals surface area contributed by atoms with Gasteiger partial charge in [-0.25, -0.2) is 8.78 Å². The van der Waals surface area contributed by atoms with Crippen LogP contribution < -0.4 is 5.32 Å². The third-order valence-electron chi connectivity index (χ3n) is 4.46. The number of rotatable bonds is 4. The normalized spacial score (nSPS) is 25.3. The summed E-state index contributed by atoms with van der Waals surface area (Å²) in [4.78, 5) is 0. The molecule has 1 nitrogen and oxygen atoms in total. The monoisotopic (exact) mass is 267 g/mol. The molecule has 3 heteroatoms. The van der Waals surface area contributed by atoms with Gasteiger partial charge < -0.3 is 5.32 Å².